The molecule has 0 aromatic heterocycles. The van der Waals surface area contributed by atoms with Crippen molar-refractivity contribution in [2.75, 3.05) is 5.50 Å². The topological polar surface area (TPSA) is 26.3 Å². The van der Waals surface area contributed by atoms with Gasteiger partial charge in [-0.15, -0.1) is 11.6 Å². The minimum Gasteiger partial charge on any atom is -0.518 e. The maximum Gasteiger partial charge on any atom is 0.292 e. The highest BCUT2D eigenvalue weighted by atomic mass is 35.5. The van der Waals surface area contributed by atoms with Gasteiger partial charge in [0.1, 0.15) is 0 Å². The Morgan fingerprint density at radius 3 is 2.40 bits per heavy atom. The molecule has 0 aliphatic rings. The van der Waals surface area contributed by atoms with E-state index in [2.05, 4.69) is 0 Å². The summed E-state index contributed by atoms with van der Waals surface area (Å²) in [4.78, 5) is 10.7. The standard InChI is InChI=1S/C6H13ClO2Si/c1-4-6(8)9-10(2,3)5-7/h4-5H2,1-3H3. The molecule has 60 valence electrons. The van der Waals surface area contributed by atoms with Gasteiger partial charge in [0.15, 0.2) is 0 Å². The van der Waals surface area contributed by atoms with E-state index in [1.807, 2.05) is 13.1 Å². The lowest BCUT2D eigenvalue weighted by Crippen LogP contribution is -2.35. The van der Waals surface area contributed by atoms with Crippen molar-refractivity contribution in [3.05, 3.63) is 0 Å². The molecule has 0 heterocycles. The zero-order valence-corrected chi connectivity index (χ0v) is 8.36. The lowest BCUT2D eigenvalue weighted by molar-refractivity contribution is -0.134. The van der Waals surface area contributed by atoms with Crippen molar-refractivity contribution in [1.82, 2.24) is 0 Å². The SMILES string of the molecule is CCC(=O)O[Si](C)(C)CCl. The maximum absolute atomic E-state index is 10.7. The van der Waals surface area contributed by atoms with E-state index in [0.717, 1.165) is 0 Å². The quantitative estimate of drug-likeness (QED) is 0.490. The van der Waals surface area contributed by atoms with Crippen molar-refractivity contribution < 1.29 is 9.22 Å². The van der Waals surface area contributed by atoms with Gasteiger partial charge in [0.25, 0.3) is 14.3 Å². The highest BCUT2D eigenvalue weighted by Crippen LogP contribution is 2.07. The fourth-order valence-corrected chi connectivity index (χ4v) is 1.39. The molecule has 0 radical (unpaired) electrons. The summed E-state index contributed by atoms with van der Waals surface area (Å²) in [7, 11) is -1.85. The van der Waals surface area contributed by atoms with Crippen LogP contribution in [-0.4, -0.2) is 19.8 Å². The summed E-state index contributed by atoms with van der Waals surface area (Å²) in [6.07, 6.45) is 0.438. The van der Waals surface area contributed by atoms with Crippen LogP contribution in [0.5, 0.6) is 0 Å². The second kappa shape index (κ2) is 3.98. The maximum atomic E-state index is 10.7. The van der Waals surface area contributed by atoms with E-state index in [-0.39, 0.29) is 5.97 Å². The van der Waals surface area contributed by atoms with Gasteiger partial charge < -0.3 is 4.43 Å². The Balaban J connectivity index is 3.76. The Morgan fingerprint density at radius 2 is 2.10 bits per heavy atom. The molecule has 0 N–H and O–H groups in total. The molecule has 2 nitrogen and oxygen atoms in total. The van der Waals surface area contributed by atoms with E-state index in [1.165, 1.54) is 0 Å². The van der Waals surface area contributed by atoms with Crippen molar-refractivity contribution in [1.29, 1.82) is 0 Å². The fourth-order valence-electron chi connectivity index (χ4n) is 0.408. The van der Waals surface area contributed by atoms with Crippen LogP contribution in [0.2, 0.25) is 13.1 Å². The molecule has 0 aliphatic carbocycles. The first kappa shape index (κ1) is 9.98. The average molecular weight is 181 g/mol. The van der Waals surface area contributed by atoms with E-state index >= 15 is 0 Å². The lowest BCUT2D eigenvalue weighted by Gasteiger charge is -2.18. The van der Waals surface area contributed by atoms with Crippen LogP contribution in [0.1, 0.15) is 13.3 Å². The third kappa shape index (κ3) is 3.90. The fraction of sp³-hybridized carbons (Fsp3) is 0.833. The van der Waals surface area contributed by atoms with Crippen LogP contribution in [0.15, 0.2) is 0 Å². The van der Waals surface area contributed by atoms with Crippen LogP contribution in [0.4, 0.5) is 0 Å². The number of hydrogen-bond acceptors (Lipinski definition) is 2. The van der Waals surface area contributed by atoms with E-state index in [9.17, 15) is 4.79 Å². The van der Waals surface area contributed by atoms with Crippen LogP contribution in [0.25, 0.3) is 0 Å². The van der Waals surface area contributed by atoms with Crippen molar-refractivity contribution in [2.24, 2.45) is 0 Å². The molecule has 0 aliphatic heterocycles. The number of carbonyl (C=O) groups is 1. The van der Waals surface area contributed by atoms with Gasteiger partial charge in [0.05, 0.1) is 5.50 Å². The van der Waals surface area contributed by atoms with Gasteiger partial charge in [0.2, 0.25) is 0 Å². The number of halogens is 1. The van der Waals surface area contributed by atoms with Crippen molar-refractivity contribution in [3.8, 4) is 0 Å². The lowest BCUT2D eigenvalue weighted by atomic mass is 10.5. The first-order chi connectivity index (χ1) is 4.52. The number of rotatable bonds is 3. The van der Waals surface area contributed by atoms with Crippen LogP contribution >= 0.6 is 11.6 Å². The highest BCUT2D eigenvalue weighted by molar-refractivity contribution is 6.78. The zero-order valence-electron chi connectivity index (χ0n) is 6.61. The van der Waals surface area contributed by atoms with E-state index < -0.39 is 8.32 Å². The van der Waals surface area contributed by atoms with Gasteiger partial charge >= 0.3 is 0 Å². The Hall–Kier alpha value is -0.0231. The molecule has 0 atom stereocenters. The summed E-state index contributed by atoms with van der Waals surface area (Å²) in [5, 5.41) is 0. The molecule has 0 saturated carbocycles. The predicted octanol–water partition coefficient (Wildman–Crippen LogP) is 1.92. The van der Waals surface area contributed by atoms with Crippen LogP contribution in [0.3, 0.4) is 0 Å². The van der Waals surface area contributed by atoms with Crippen LogP contribution in [0, 0.1) is 0 Å². The normalized spacial score (nSPS) is 11.2. The summed E-state index contributed by atoms with van der Waals surface area (Å²) < 4.78 is 5.10. The average Bonchev–Trinajstić information content (AvgIpc) is 1.87. The molecule has 0 saturated heterocycles. The molecule has 0 aromatic carbocycles. The molecular weight excluding hydrogens is 168 g/mol. The number of hydrogen-bond donors (Lipinski definition) is 0. The highest BCUT2D eigenvalue weighted by Gasteiger charge is 2.24. The van der Waals surface area contributed by atoms with E-state index in [4.69, 9.17) is 16.0 Å². The Bertz CT molecular complexity index is 125. The molecule has 4 heteroatoms. The Morgan fingerprint density at radius 1 is 1.60 bits per heavy atom. The summed E-state index contributed by atoms with van der Waals surface area (Å²) in [6.45, 7) is 5.63. The number of alkyl halides is 1. The van der Waals surface area contributed by atoms with Crippen molar-refractivity contribution in [2.45, 2.75) is 26.4 Å². The zero-order chi connectivity index (χ0) is 8.20. The second-order valence-electron chi connectivity index (χ2n) is 2.72. The molecule has 0 spiro atoms. The van der Waals surface area contributed by atoms with Crippen LogP contribution < -0.4 is 0 Å². The third-order valence-electron chi connectivity index (χ3n) is 1.00. The minimum atomic E-state index is -1.85. The Kier molecular flexibility index (Phi) is 3.97. The van der Waals surface area contributed by atoms with Gasteiger partial charge in [-0.1, -0.05) is 6.92 Å². The van der Waals surface area contributed by atoms with Gasteiger partial charge in [-0.3, -0.25) is 4.79 Å². The smallest absolute Gasteiger partial charge is 0.292 e. The summed E-state index contributed by atoms with van der Waals surface area (Å²) >= 11 is 5.58. The first-order valence-electron chi connectivity index (χ1n) is 3.29. The first-order valence-corrected chi connectivity index (χ1v) is 6.94. The second-order valence-corrected chi connectivity index (χ2v) is 7.51. The van der Waals surface area contributed by atoms with Gasteiger partial charge in [-0.25, -0.2) is 0 Å². The predicted molar refractivity (Wildman–Crippen MR) is 44.6 cm³/mol. The van der Waals surface area contributed by atoms with Crippen LogP contribution in [-0.2, 0) is 9.22 Å². The molecular formula is C6H13ClO2Si. The van der Waals surface area contributed by atoms with Gasteiger partial charge in [-0.2, -0.15) is 0 Å². The molecule has 0 rings (SSSR count). The van der Waals surface area contributed by atoms with Gasteiger partial charge in [-0.05, 0) is 13.1 Å². The monoisotopic (exact) mass is 180 g/mol. The summed E-state index contributed by atoms with van der Waals surface area (Å²) in [6, 6.07) is 0. The Labute approximate surface area is 67.6 Å². The largest absolute Gasteiger partial charge is 0.518 e. The molecule has 0 aromatic rings. The summed E-state index contributed by atoms with van der Waals surface area (Å²) in [5.41, 5.74) is 0.471. The molecule has 10 heavy (non-hydrogen) atoms. The number of carbonyl (C=O) groups excluding carboxylic acids is 1. The third-order valence-corrected chi connectivity index (χ3v) is 4.36. The minimum absolute atomic E-state index is 0.141. The molecule has 0 unspecified atom stereocenters. The van der Waals surface area contributed by atoms with Crippen molar-refractivity contribution >= 4 is 25.9 Å². The molecule has 0 bridgehead atoms. The molecule has 0 amide bonds. The summed E-state index contributed by atoms with van der Waals surface area (Å²) in [5.74, 6) is -0.141. The van der Waals surface area contributed by atoms with E-state index in [0.29, 0.717) is 11.9 Å². The van der Waals surface area contributed by atoms with Gasteiger partial charge in [0, 0.05) is 6.42 Å². The van der Waals surface area contributed by atoms with Crippen molar-refractivity contribution in [3.63, 3.8) is 0 Å². The van der Waals surface area contributed by atoms with E-state index in [1.54, 1.807) is 6.92 Å². The molecule has 0 fully saturated rings.